The summed E-state index contributed by atoms with van der Waals surface area (Å²) in [5.74, 6) is -0.577. The number of rotatable bonds is 13. The Bertz CT molecular complexity index is 837. The second-order valence-corrected chi connectivity index (χ2v) is 11.8. The van der Waals surface area contributed by atoms with Crippen LogP contribution in [0.2, 0.25) is 0 Å². The molecule has 1 aliphatic rings. The highest BCUT2D eigenvalue weighted by Crippen LogP contribution is 2.21. The molecule has 2 atom stereocenters. The zero-order valence-electron chi connectivity index (χ0n) is 23.2. The third-order valence-corrected chi connectivity index (χ3v) is 6.73. The molecular weight excluding hydrogens is 476 g/mol. The summed E-state index contributed by atoms with van der Waals surface area (Å²) in [5, 5.41) is 12.2. The number of hydrogen-bond acceptors (Lipinski definition) is 5. The second kappa shape index (κ2) is 15.8. The van der Waals surface area contributed by atoms with Gasteiger partial charge in [0.05, 0.1) is 0 Å². The summed E-state index contributed by atoms with van der Waals surface area (Å²) in [6.07, 6.45) is 11.4. The maximum absolute atomic E-state index is 12.8. The van der Waals surface area contributed by atoms with E-state index in [1.165, 1.54) is 33.4 Å². The Kier molecular flexibility index (Phi) is 14.0. The lowest BCUT2D eigenvalue weighted by atomic mass is 10.1. The van der Waals surface area contributed by atoms with E-state index in [4.69, 9.17) is 4.74 Å². The molecule has 7 nitrogen and oxygen atoms in total. The van der Waals surface area contributed by atoms with Gasteiger partial charge >= 0.3 is 12.1 Å². The van der Waals surface area contributed by atoms with Crippen LogP contribution in [0.25, 0.3) is 0 Å². The number of likely N-dealkylation sites (tertiary alicyclic amines) is 1. The van der Waals surface area contributed by atoms with Gasteiger partial charge in [-0.2, -0.15) is 11.8 Å². The Labute approximate surface area is 221 Å². The molecule has 0 aromatic heterocycles. The molecule has 0 bridgehead atoms. The predicted octanol–water partition coefficient (Wildman–Crippen LogP) is 6.11. The van der Waals surface area contributed by atoms with Crippen molar-refractivity contribution in [3.05, 3.63) is 34.9 Å². The summed E-state index contributed by atoms with van der Waals surface area (Å²) in [6.45, 7) is 14.2. The van der Waals surface area contributed by atoms with Crippen LogP contribution in [-0.2, 0) is 14.3 Å². The maximum atomic E-state index is 12.8. The topological polar surface area (TPSA) is 95.9 Å². The van der Waals surface area contributed by atoms with Crippen LogP contribution in [0.4, 0.5) is 4.79 Å². The number of nitrogens with zero attached hydrogens (tertiary/aromatic N) is 1. The van der Waals surface area contributed by atoms with Gasteiger partial charge in [0.1, 0.15) is 17.7 Å². The number of hydrogen-bond donors (Lipinski definition) is 2. The van der Waals surface area contributed by atoms with E-state index in [0.29, 0.717) is 25.1 Å². The summed E-state index contributed by atoms with van der Waals surface area (Å²) < 4.78 is 5.40. The summed E-state index contributed by atoms with van der Waals surface area (Å²) >= 11 is 1.47. The van der Waals surface area contributed by atoms with Crippen molar-refractivity contribution in [1.82, 2.24) is 10.2 Å². The molecule has 2 amide bonds. The minimum Gasteiger partial charge on any atom is -0.480 e. The normalized spacial score (nSPS) is 17.5. The lowest BCUT2D eigenvalue weighted by Gasteiger charge is -2.28. The van der Waals surface area contributed by atoms with Gasteiger partial charge in [0.25, 0.3) is 0 Å². The minimum atomic E-state index is -1.08. The van der Waals surface area contributed by atoms with Gasteiger partial charge in [-0.1, -0.05) is 34.9 Å². The van der Waals surface area contributed by atoms with Crippen molar-refractivity contribution in [2.45, 2.75) is 105 Å². The van der Waals surface area contributed by atoms with Crippen LogP contribution in [-0.4, -0.2) is 63.7 Å². The number of nitrogens with one attached hydrogen (secondary N) is 1. The van der Waals surface area contributed by atoms with E-state index < -0.39 is 35.7 Å². The van der Waals surface area contributed by atoms with Gasteiger partial charge in [-0.3, -0.25) is 9.69 Å². The van der Waals surface area contributed by atoms with Gasteiger partial charge in [-0.25, -0.2) is 9.59 Å². The van der Waals surface area contributed by atoms with E-state index in [0.717, 1.165) is 25.7 Å². The van der Waals surface area contributed by atoms with Crippen LogP contribution >= 0.6 is 11.8 Å². The number of thioether (sulfide) groups is 1. The number of aliphatic carboxylic acids is 1. The molecule has 1 fully saturated rings. The Morgan fingerprint density at radius 3 is 2.25 bits per heavy atom. The average molecular weight is 523 g/mol. The fourth-order valence-corrected chi connectivity index (χ4v) is 4.75. The molecule has 0 aromatic carbocycles. The first-order valence-electron chi connectivity index (χ1n) is 12.9. The largest absolute Gasteiger partial charge is 0.480 e. The van der Waals surface area contributed by atoms with Crippen molar-refractivity contribution in [2.24, 2.45) is 0 Å². The molecule has 2 unspecified atom stereocenters. The van der Waals surface area contributed by atoms with E-state index in [-0.39, 0.29) is 5.75 Å². The first-order chi connectivity index (χ1) is 16.8. The molecule has 36 heavy (non-hydrogen) atoms. The number of carboxylic acids is 1. The van der Waals surface area contributed by atoms with Gasteiger partial charge < -0.3 is 15.2 Å². The van der Waals surface area contributed by atoms with Gasteiger partial charge in [-0.05, 0) is 87.0 Å². The van der Waals surface area contributed by atoms with Crippen LogP contribution in [0.3, 0.4) is 0 Å². The molecular formula is C28H46N2O5S. The number of allylic oxidation sites excluding steroid dienone is 5. The first-order valence-corrected chi connectivity index (χ1v) is 14.0. The predicted molar refractivity (Wildman–Crippen MR) is 148 cm³/mol. The fraction of sp³-hybridized carbons (Fsp3) is 0.679. The molecule has 1 saturated heterocycles. The second-order valence-electron chi connectivity index (χ2n) is 10.7. The van der Waals surface area contributed by atoms with Crippen molar-refractivity contribution >= 4 is 29.7 Å². The summed E-state index contributed by atoms with van der Waals surface area (Å²) in [5.41, 5.74) is 3.37. The molecule has 8 heteroatoms. The van der Waals surface area contributed by atoms with Gasteiger partial charge in [-0.15, -0.1) is 0 Å². The fourth-order valence-electron chi connectivity index (χ4n) is 3.75. The lowest BCUT2D eigenvalue weighted by molar-refractivity contribution is -0.141. The molecule has 1 aliphatic heterocycles. The third-order valence-electron chi connectivity index (χ3n) is 5.75. The van der Waals surface area contributed by atoms with Crippen molar-refractivity contribution in [3.63, 3.8) is 0 Å². The summed E-state index contributed by atoms with van der Waals surface area (Å²) in [7, 11) is 0. The number of amides is 2. The van der Waals surface area contributed by atoms with Gasteiger partial charge in [0.2, 0.25) is 5.91 Å². The number of carbonyl (C=O) groups excluding carboxylic acids is 2. The van der Waals surface area contributed by atoms with Gasteiger partial charge in [0, 0.05) is 18.1 Å². The molecule has 0 aromatic rings. The van der Waals surface area contributed by atoms with Crippen LogP contribution in [0.15, 0.2) is 34.9 Å². The van der Waals surface area contributed by atoms with E-state index in [2.05, 4.69) is 51.2 Å². The van der Waals surface area contributed by atoms with Gasteiger partial charge in [0.15, 0.2) is 0 Å². The molecule has 0 aliphatic carbocycles. The maximum Gasteiger partial charge on any atom is 0.410 e. The van der Waals surface area contributed by atoms with Crippen LogP contribution in [0, 0.1) is 0 Å². The quantitative estimate of drug-likeness (QED) is 0.224. The standard InChI is InChI=1S/C28H46N2O5S/c1-20(2)11-8-12-21(3)13-9-14-22(4)16-18-36-19-23(26(32)33)29-25(31)24-15-10-17-30(24)27(34)35-28(5,6)7/h11,13,16,23-24H,8-10,12,14-15,17-19H2,1-7H3,(H,29,31)(H,32,33). The molecule has 1 rings (SSSR count). The lowest BCUT2D eigenvalue weighted by Crippen LogP contribution is -2.52. The Morgan fingerprint density at radius 1 is 1.06 bits per heavy atom. The smallest absolute Gasteiger partial charge is 0.410 e. The summed E-state index contributed by atoms with van der Waals surface area (Å²) in [4.78, 5) is 38.4. The third kappa shape index (κ3) is 13.2. The average Bonchev–Trinajstić information content (AvgIpc) is 3.24. The minimum absolute atomic E-state index is 0.257. The highest BCUT2D eigenvalue weighted by Gasteiger charge is 2.37. The van der Waals surface area contributed by atoms with Crippen LogP contribution in [0.1, 0.15) is 87.0 Å². The van der Waals surface area contributed by atoms with E-state index in [9.17, 15) is 19.5 Å². The van der Waals surface area contributed by atoms with Crippen molar-refractivity contribution in [2.75, 3.05) is 18.1 Å². The molecule has 0 radical (unpaired) electrons. The van der Waals surface area contributed by atoms with E-state index in [1.54, 1.807) is 20.8 Å². The monoisotopic (exact) mass is 522 g/mol. The number of carboxylic acid groups (broad SMARTS) is 1. The Balaban J connectivity index is 2.49. The van der Waals surface area contributed by atoms with E-state index in [1.807, 2.05) is 0 Å². The molecule has 204 valence electrons. The SMILES string of the molecule is CC(C)=CCCC(C)=CCCC(C)=CCSCC(NC(=O)C1CCCN1C(=O)OC(C)(C)C)C(=O)O. The number of ether oxygens (including phenoxy) is 1. The first kappa shape index (κ1) is 31.8. The Morgan fingerprint density at radius 2 is 1.67 bits per heavy atom. The van der Waals surface area contributed by atoms with Crippen LogP contribution < -0.4 is 5.32 Å². The highest BCUT2D eigenvalue weighted by atomic mass is 32.2. The zero-order chi connectivity index (χ0) is 27.3. The Hall–Kier alpha value is -2.22. The highest BCUT2D eigenvalue weighted by molar-refractivity contribution is 7.99. The summed E-state index contributed by atoms with van der Waals surface area (Å²) in [6, 6.07) is -1.71. The number of carbonyl (C=O) groups is 3. The van der Waals surface area contributed by atoms with Crippen LogP contribution in [0.5, 0.6) is 0 Å². The molecule has 0 spiro atoms. The molecule has 0 saturated carbocycles. The van der Waals surface area contributed by atoms with Crippen molar-refractivity contribution < 1.29 is 24.2 Å². The molecule has 1 heterocycles. The molecule has 2 N–H and O–H groups in total. The van der Waals surface area contributed by atoms with Crippen molar-refractivity contribution in [1.29, 1.82) is 0 Å². The van der Waals surface area contributed by atoms with E-state index >= 15 is 0 Å². The zero-order valence-corrected chi connectivity index (χ0v) is 24.0. The van der Waals surface area contributed by atoms with Crippen molar-refractivity contribution in [3.8, 4) is 0 Å².